The Kier molecular flexibility index (Phi) is 4.29. The van der Waals surface area contributed by atoms with Gasteiger partial charge in [0.15, 0.2) is 17.4 Å². The molecule has 0 aliphatic carbocycles. The molecule has 2 rings (SSSR count). The molecule has 0 spiro atoms. The first kappa shape index (κ1) is 14.8. The molecule has 7 heteroatoms. The van der Waals surface area contributed by atoms with Crippen LogP contribution >= 0.6 is 28.1 Å². The summed E-state index contributed by atoms with van der Waals surface area (Å²) in [6.07, 6.45) is 0. The summed E-state index contributed by atoms with van der Waals surface area (Å²) in [6.45, 7) is 0. The molecule has 0 radical (unpaired) electrons. The van der Waals surface area contributed by atoms with Crippen molar-refractivity contribution in [2.45, 2.75) is 0 Å². The fourth-order valence-electron chi connectivity index (χ4n) is 1.47. The minimum absolute atomic E-state index is 0.0560. The molecule has 104 valence electrons. The Morgan fingerprint density at radius 1 is 1.10 bits per heavy atom. The first-order valence-electron chi connectivity index (χ1n) is 5.30. The number of benzene rings is 2. The summed E-state index contributed by atoms with van der Waals surface area (Å²) >= 11 is 7.68. The highest BCUT2D eigenvalue weighted by molar-refractivity contribution is 9.10. The van der Waals surface area contributed by atoms with Gasteiger partial charge in [0.2, 0.25) is 0 Å². The molecule has 0 saturated heterocycles. The Morgan fingerprint density at radius 3 is 2.20 bits per heavy atom. The van der Waals surface area contributed by atoms with Crippen LogP contribution in [0.4, 0.5) is 13.2 Å². The van der Waals surface area contributed by atoms with Crippen LogP contribution in [0.3, 0.4) is 0 Å². The lowest BCUT2D eigenvalue weighted by molar-refractivity contribution is 0.404. The predicted octanol–water partition coefficient (Wildman–Crippen LogP) is 4.29. The van der Waals surface area contributed by atoms with Crippen molar-refractivity contribution in [1.29, 1.82) is 0 Å². The Hall–Kier alpha value is -1.60. The van der Waals surface area contributed by atoms with Gasteiger partial charge in [0.05, 0.1) is 4.47 Å². The third kappa shape index (κ3) is 3.10. The zero-order valence-electron chi connectivity index (χ0n) is 9.79. The van der Waals surface area contributed by atoms with E-state index in [-0.39, 0.29) is 20.8 Å². The highest BCUT2D eigenvalue weighted by Gasteiger charge is 2.16. The van der Waals surface area contributed by atoms with Crippen LogP contribution in [-0.2, 0) is 0 Å². The summed E-state index contributed by atoms with van der Waals surface area (Å²) in [4.78, 5) is -0.127. The zero-order valence-corrected chi connectivity index (χ0v) is 12.2. The van der Waals surface area contributed by atoms with Gasteiger partial charge in [-0.1, -0.05) is 12.2 Å². The molecular weight excluding hydrogens is 355 g/mol. The van der Waals surface area contributed by atoms with Gasteiger partial charge >= 0.3 is 0 Å². The summed E-state index contributed by atoms with van der Waals surface area (Å²) < 4.78 is 45.9. The van der Waals surface area contributed by atoms with Crippen molar-refractivity contribution < 1.29 is 17.9 Å². The second-order valence-corrected chi connectivity index (χ2v) is 5.10. The molecule has 2 aromatic rings. The summed E-state index contributed by atoms with van der Waals surface area (Å²) in [5, 5.41) is 0. The zero-order chi connectivity index (χ0) is 14.9. The van der Waals surface area contributed by atoms with E-state index in [0.29, 0.717) is 0 Å². The molecular formula is C13H7BrF3NOS. The van der Waals surface area contributed by atoms with E-state index in [9.17, 15) is 13.2 Å². The minimum atomic E-state index is -0.955. The number of ether oxygens (including phenoxy) is 1. The lowest BCUT2D eigenvalue weighted by Crippen LogP contribution is -2.10. The molecule has 0 bridgehead atoms. The molecule has 20 heavy (non-hydrogen) atoms. The summed E-state index contributed by atoms with van der Waals surface area (Å²) in [5.74, 6) is -2.95. The number of thiocarbonyl (C=S) groups is 1. The summed E-state index contributed by atoms with van der Waals surface area (Å²) in [7, 11) is 0. The smallest absolute Gasteiger partial charge is 0.198 e. The van der Waals surface area contributed by atoms with E-state index in [2.05, 4.69) is 28.1 Å². The molecule has 0 fully saturated rings. The second kappa shape index (κ2) is 5.80. The highest BCUT2D eigenvalue weighted by atomic mass is 79.9. The number of halogens is 4. The molecule has 2 nitrogen and oxygen atoms in total. The quantitative estimate of drug-likeness (QED) is 0.828. The number of hydrogen-bond acceptors (Lipinski definition) is 2. The van der Waals surface area contributed by atoms with E-state index >= 15 is 0 Å². The fraction of sp³-hybridized carbons (Fsp3) is 0. The van der Waals surface area contributed by atoms with Crippen LogP contribution in [0.2, 0.25) is 0 Å². The lowest BCUT2D eigenvalue weighted by Gasteiger charge is -2.10. The Bertz CT molecular complexity index is 670. The number of rotatable bonds is 3. The monoisotopic (exact) mass is 361 g/mol. The third-order valence-corrected chi connectivity index (χ3v) is 3.24. The maximum Gasteiger partial charge on any atom is 0.198 e. The van der Waals surface area contributed by atoms with Gasteiger partial charge in [-0.15, -0.1) is 0 Å². The molecule has 0 aliphatic heterocycles. The Morgan fingerprint density at radius 2 is 1.70 bits per heavy atom. The number of nitrogens with two attached hydrogens (primary N) is 1. The van der Waals surface area contributed by atoms with E-state index in [4.69, 9.17) is 10.5 Å². The van der Waals surface area contributed by atoms with Gasteiger partial charge in [0, 0.05) is 5.56 Å². The highest BCUT2D eigenvalue weighted by Crippen LogP contribution is 2.33. The van der Waals surface area contributed by atoms with E-state index in [1.54, 1.807) is 0 Å². The van der Waals surface area contributed by atoms with Crippen LogP contribution in [0.25, 0.3) is 0 Å². The first-order chi connectivity index (χ1) is 9.38. The van der Waals surface area contributed by atoms with Gasteiger partial charge in [0.1, 0.15) is 16.6 Å². The van der Waals surface area contributed by atoms with Crippen LogP contribution in [0, 0.1) is 17.5 Å². The van der Waals surface area contributed by atoms with Crippen molar-refractivity contribution in [3.8, 4) is 11.5 Å². The van der Waals surface area contributed by atoms with Crippen LogP contribution in [-0.4, -0.2) is 4.99 Å². The average Bonchev–Trinajstić information content (AvgIpc) is 2.35. The Balaban J connectivity index is 2.41. The van der Waals surface area contributed by atoms with Crippen molar-refractivity contribution in [3.05, 3.63) is 57.8 Å². The standard InChI is InChI=1S/C13H7BrF3NOS/c14-8-5-7(15)1-2-11(8)19-12-9(16)3-6(13(18)20)4-10(12)17/h1-5H,(H2,18,20). The maximum atomic E-state index is 13.8. The molecule has 2 N–H and O–H groups in total. The molecule has 0 saturated carbocycles. The average molecular weight is 362 g/mol. The van der Waals surface area contributed by atoms with Crippen molar-refractivity contribution >= 4 is 33.1 Å². The lowest BCUT2D eigenvalue weighted by atomic mass is 10.2. The van der Waals surface area contributed by atoms with E-state index < -0.39 is 23.2 Å². The normalized spacial score (nSPS) is 10.4. The second-order valence-electron chi connectivity index (χ2n) is 3.81. The van der Waals surface area contributed by atoms with Gasteiger partial charge in [0.25, 0.3) is 0 Å². The van der Waals surface area contributed by atoms with E-state index in [1.807, 2.05) is 0 Å². The van der Waals surface area contributed by atoms with Crippen LogP contribution in [0.15, 0.2) is 34.8 Å². The third-order valence-electron chi connectivity index (χ3n) is 2.39. The number of hydrogen-bond donors (Lipinski definition) is 1. The fourth-order valence-corrected chi connectivity index (χ4v) is 2.02. The van der Waals surface area contributed by atoms with Crippen molar-refractivity contribution in [3.63, 3.8) is 0 Å². The van der Waals surface area contributed by atoms with Crippen molar-refractivity contribution in [1.82, 2.24) is 0 Å². The van der Waals surface area contributed by atoms with E-state index in [0.717, 1.165) is 24.3 Å². The molecule has 0 aromatic heterocycles. The summed E-state index contributed by atoms with van der Waals surface area (Å²) in [5.41, 5.74) is 5.36. The van der Waals surface area contributed by atoms with Gasteiger partial charge in [-0.2, -0.15) is 0 Å². The van der Waals surface area contributed by atoms with Gasteiger partial charge in [-0.05, 0) is 46.3 Å². The minimum Gasteiger partial charge on any atom is -0.450 e. The van der Waals surface area contributed by atoms with Gasteiger partial charge < -0.3 is 10.5 Å². The van der Waals surface area contributed by atoms with E-state index in [1.165, 1.54) is 6.07 Å². The molecule has 0 heterocycles. The molecule has 0 amide bonds. The van der Waals surface area contributed by atoms with Gasteiger partial charge in [-0.3, -0.25) is 0 Å². The van der Waals surface area contributed by atoms with Crippen LogP contribution < -0.4 is 10.5 Å². The molecule has 2 aromatic carbocycles. The summed E-state index contributed by atoms with van der Waals surface area (Å²) in [6, 6.07) is 5.42. The maximum absolute atomic E-state index is 13.8. The molecule has 0 aliphatic rings. The van der Waals surface area contributed by atoms with Crippen LogP contribution in [0.1, 0.15) is 5.56 Å². The van der Waals surface area contributed by atoms with Crippen molar-refractivity contribution in [2.75, 3.05) is 0 Å². The molecule has 0 atom stereocenters. The van der Waals surface area contributed by atoms with Gasteiger partial charge in [-0.25, -0.2) is 13.2 Å². The largest absolute Gasteiger partial charge is 0.450 e. The van der Waals surface area contributed by atoms with Crippen LogP contribution in [0.5, 0.6) is 11.5 Å². The molecule has 0 unspecified atom stereocenters. The topological polar surface area (TPSA) is 35.2 Å². The van der Waals surface area contributed by atoms with Crippen molar-refractivity contribution in [2.24, 2.45) is 5.73 Å². The Labute approximate surface area is 126 Å². The SMILES string of the molecule is NC(=S)c1cc(F)c(Oc2ccc(F)cc2Br)c(F)c1. The first-order valence-corrected chi connectivity index (χ1v) is 6.50. The predicted molar refractivity (Wildman–Crippen MR) is 76.4 cm³/mol.